The molecule has 1 unspecified atom stereocenters. The van der Waals surface area contributed by atoms with Crippen molar-refractivity contribution < 1.29 is 0 Å². The summed E-state index contributed by atoms with van der Waals surface area (Å²) in [5.41, 5.74) is 2.57. The van der Waals surface area contributed by atoms with Crippen LogP contribution in [0, 0.1) is 12.3 Å². The Bertz CT molecular complexity index is 380. The van der Waals surface area contributed by atoms with Gasteiger partial charge in [-0.15, -0.1) is 0 Å². The van der Waals surface area contributed by atoms with Crippen molar-refractivity contribution in [1.82, 2.24) is 9.78 Å². The van der Waals surface area contributed by atoms with Gasteiger partial charge in [0.25, 0.3) is 0 Å². The van der Waals surface area contributed by atoms with E-state index in [9.17, 15) is 0 Å². The Labute approximate surface area is 118 Å². The van der Waals surface area contributed by atoms with E-state index in [0.717, 1.165) is 30.1 Å². The quantitative estimate of drug-likeness (QED) is 0.746. The molecule has 1 heterocycles. The summed E-state index contributed by atoms with van der Waals surface area (Å²) in [6.45, 7) is 8.80. The van der Waals surface area contributed by atoms with Gasteiger partial charge in [-0.3, -0.25) is 4.68 Å². The third-order valence-corrected chi connectivity index (χ3v) is 5.40. The third-order valence-electron chi connectivity index (χ3n) is 3.09. The summed E-state index contributed by atoms with van der Waals surface area (Å²) in [5, 5.41) is 5.11. The van der Waals surface area contributed by atoms with Gasteiger partial charge < -0.3 is 0 Å². The number of halogens is 2. The SMILES string of the molecule is Cc1nn(C)c(Cl)c1CCCC(Br)C(C)(C)C. The number of nitrogens with zero attached hydrogens (tertiary/aromatic N) is 2. The lowest BCUT2D eigenvalue weighted by atomic mass is 9.89. The summed E-state index contributed by atoms with van der Waals surface area (Å²) >= 11 is 9.97. The number of alkyl halides is 1. The first-order chi connectivity index (χ1) is 7.73. The molecule has 1 aromatic heterocycles. The lowest BCUT2D eigenvalue weighted by Crippen LogP contribution is -2.20. The summed E-state index contributed by atoms with van der Waals surface area (Å²) in [6, 6.07) is 0. The molecule has 1 aromatic rings. The van der Waals surface area contributed by atoms with Crippen molar-refractivity contribution in [3.05, 3.63) is 16.4 Å². The fraction of sp³-hybridized carbons (Fsp3) is 0.769. The normalized spacial score (nSPS) is 14.1. The first kappa shape index (κ1) is 15.0. The van der Waals surface area contributed by atoms with Gasteiger partial charge in [0, 0.05) is 17.4 Å². The zero-order valence-electron chi connectivity index (χ0n) is 11.3. The molecule has 0 N–H and O–H groups in total. The Balaban J connectivity index is 2.52. The highest BCUT2D eigenvalue weighted by atomic mass is 79.9. The zero-order valence-corrected chi connectivity index (χ0v) is 13.7. The second-order valence-corrected chi connectivity index (χ2v) is 7.17. The number of hydrogen-bond acceptors (Lipinski definition) is 1. The maximum Gasteiger partial charge on any atom is 0.130 e. The van der Waals surface area contributed by atoms with Crippen LogP contribution in [0.3, 0.4) is 0 Å². The number of aryl methyl sites for hydroxylation is 2. The van der Waals surface area contributed by atoms with E-state index in [2.05, 4.69) is 41.8 Å². The van der Waals surface area contributed by atoms with E-state index in [0.29, 0.717) is 10.2 Å². The Hall–Kier alpha value is -0.0200. The van der Waals surface area contributed by atoms with Crippen molar-refractivity contribution in [3.63, 3.8) is 0 Å². The lowest BCUT2D eigenvalue weighted by Gasteiger charge is -2.25. The fourth-order valence-electron chi connectivity index (χ4n) is 1.85. The van der Waals surface area contributed by atoms with E-state index in [1.807, 2.05) is 14.0 Å². The molecule has 0 bridgehead atoms. The highest BCUT2D eigenvalue weighted by Crippen LogP contribution is 2.30. The zero-order chi connectivity index (χ0) is 13.2. The molecule has 0 fully saturated rings. The minimum atomic E-state index is 0.313. The van der Waals surface area contributed by atoms with Gasteiger partial charge in [0.2, 0.25) is 0 Å². The van der Waals surface area contributed by atoms with Gasteiger partial charge in [-0.05, 0) is 31.6 Å². The van der Waals surface area contributed by atoms with Crippen LogP contribution in [0.25, 0.3) is 0 Å². The largest absolute Gasteiger partial charge is 0.257 e. The molecule has 2 nitrogen and oxygen atoms in total. The molecule has 98 valence electrons. The van der Waals surface area contributed by atoms with Crippen LogP contribution in [-0.2, 0) is 13.5 Å². The summed E-state index contributed by atoms with van der Waals surface area (Å²) in [4.78, 5) is 0.547. The second kappa shape index (κ2) is 5.75. The van der Waals surface area contributed by atoms with Crippen molar-refractivity contribution in [1.29, 1.82) is 0 Å². The lowest BCUT2D eigenvalue weighted by molar-refractivity contribution is 0.380. The molecule has 0 aliphatic rings. The minimum absolute atomic E-state index is 0.313. The van der Waals surface area contributed by atoms with Gasteiger partial charge >= 0.3 is 0 Å². The van der Waals surface area contributed by atoms with Gasteiger partial charge in [0.1, 0.15) is 5.15 Å². The van der Waals surface area contributed by atoms with Crippen LogP contribution in [0.15, 0.2) is 0 Å². The number of rotatable bonds is 4. The Morgan fingerprint density at radius 1 is 1.41 bits per heavy atom. The molecule has 0 amide bonds. The smallest absolute Gasteiger partial charge is 0.130 e. The number of hydrogen-bond donors (Lipinski definition) is 0. The molecular weight excluding hydrogens is 300 g/mol. The average Bonchev–Trinajstić information content (AvgIpc) is 2.42. The van der Waals surface area contributed by atoms with E-state index >= 15 is 0 Å². The van der Waals surface area contributed by atoms with Crippen LogP contribution in [0.1, 0.15) is 44.9 Å². The molecule has 4 heteroatoms. The Kier molecular flexibility index (Phi) is 5.08. The van der Waals surface area contributed by atoms with Crippen molar-refractivity contribution in [2.75, 3.05) is 0 Å². The minimum Gasteiger partial charge on any atom is -0.257 e. The van der Waals surface area contributed by atoms with Crippen LogP contribution in [0.2, 0.25) is 5.15 Å². The van der Waals surface area contributed by atoms with Gasteiger partial charge in [0.05, 0.1) is 5.69 Å². The standard InChI is InChI=1S/C13H22BrClN2/c1-9-10(12(15)17(5)16-9)7-6-8-11(14)13(2,3)4/h11H,6-8H2,1-5H3. The molecule has 1 rings (SSSR count). The van der Waals surface area contributed by atoms with Crippen LogP contribution in [0.4, 0.5) is 0 Å². The van der Waals surface area contributed by atoms with Gasteiger partial charge in [-0.2, -0.15) is 5.10 Å². The van der Waals surface area contributed by atoms with E-state index in [1.54, 1.807) is 4.68 Å². The maximum atomic E-state index is 6.21. The molecule has 0 saturated carbocycles. The van der Waals surface area contributed by atoms with E-state index in [4.69, 9.17) is 11.6 Å². The molecule has 0 aliphatic heterocycles. The predicted molar refractivity (Wildman–Crippen MR) is 78.1 cm³/mol. The Morgan fingerprint density at radius 2 is 2.00 bits per heavy atom. The summed E-state index contributed by atoms with van der Waals surface area (Å²) in [7, 11) is 1.89. The van der Waals surface area contributed by atoms with E-state index in [-0.39, 0.29) is 0 Å². The van der Waals surface area contributed by atoms with Crippen molar-refractivity contribution in [2.24, 2.45) is 12.5 Å². The highest BCUT2D eigenvalue weighted by Gasteiger charge is 2.21. The fourth-order valence-corrected chi connectivity index (χ4v) is 2.44. The molecule has 0 saturated heterocycles. The van der Waals surface area contributed by atoms with Crippen LogP contribution >= 0.6 is 27.5 Å². The molecule has 0 aromatic carbocycles. The first-order valence-corrected chi connectivity index (χ1v) is 7.35. The predicted octanol–water partition coefficient (Wildman–Crippen LogP) is 4.51. The molecular formula is C13H22BrClN2. The van der Waals surface area contributed by atoms with E-state index < -0.39 is 0 Å². The van der Waals surface area contributed by atoms with Gasteiger partial charge in [-0.25, -0.2) is 0 Å². The van der Waals surface area contributed by atoms with Gasteiger partial charge in [-0.1, -0.05) is 48.3 Å². The van der Waals surface area contributed by atoms with Crippen LogP contribution in [0.5, 0.6) is 0 Å². The van der Waals surface area contributed by atoms with Crippen molar-refractivity contribution >= 4 is 27.5 Å². The third kappa shape index (κ3) is 3.99. The van der Waals surface area contributed by atoms with E-state index in [1.165, 1.54) is 5.56 Å². The summed E-state index contributed by atoms with van der Waals surface area (Å²) < 4.78 is 1.75. The summed E-state index contributed by atoms with van der Waals surface area (Å²) in [5.74, 6) is 0. The molecule has 0 spiro atoms. The average molecular weight is 322 g/mol. The monoisotopic (exact) mass is 320 g/mol. The maximum absolute atomic E-state index is 6.21. The number of aromatic nitrogens is 2. The molecule has 0 aliphatic carbocycles. The first-order valence-electron chi connectivity index (χ1n) is 6.05. The highest BCUT2D eigenvalue weighted by molar-refractivity contribution is 9.09. The Morgan fingerprint density at radius 3 is 2.41 bits per heavy atom. The van der Waals surface area contributed by atoms with Gasteiger partial charge in [0.15, 0.2) is 0 Å². The van der Waals surface area contributed by atoms with Crippen molar-refractivity contribution in [2.45, 2.75) is 51.8 Å². The topological polar surface area (TPSA) is 17.8 Å². The summed E-state index contributed by atoms with van der Waals surface area (Å²) in [6.07, 6.45) is 3.31. The van der Waals surface area contributed by atoms with Crippen molar-refractivity contribution in [3.8, 4) is 0 Å². The molecule has 17 heavy (non-hydrogen) atoms. The van der Waals surface area contributed by atoms with Crippen LogP contribution < -0.4 is 0 Å². The molecule has 0 radical (unpaired) electrons. The second-order valence-electron chi connectivity index (χ2n) is 5.70. The molecule has 1 atom stereocenters. The van der Waals surface area contributed by atoms with Crippen LogP contribution in [-0.4, -0.2) is 14.6 Å².